The van der Waals surface area contributed by atoms with Crippen LogP contribution in [0.4, 0.5) is 4.39 Å². The largest absolute Gasteiger partial charge is 0.489 e. The lowest BCUT2D eigenvalue weighted by Gasteiger charge is -2.09. The summed E-state index contributed by atoms with van der Waals surface area (Å²) in [5.74, 6) is 0.329. The summed E-state index contributed by atoms with van der Waals surface area (Å²) in [6, 6.07) is 15.2. The number of thiazole rings is 1. The number of imidazole rings is 1. The maximum Gasteiger partial charge on any atom is 0.247 e. The van der Waals surface area contributed by atoms with E-state index in [1.165, 1.54) is 29.7 Å². The molecule has 3 aromatic heterocycles. The summed E-state index contributed by atoms with van der Waals surface area (Å²) in [5, 5.41) is 1.66. The van der Waals surface area contributed by atoms with Crippen molar-refractivity contribution >= 4 is 26.1 Å². The van der Waals surface area contributed by atoms with E-state index in [0.29, 0.717) is 29.4 Å². The molecule has 3 heterocycles. The molecule has 0 aliphatic rings. The van der Waals surface area contributed by atoms with E-state index in [2.05, 4.69) is 9.97 Å². The Labute approximate surface area is 193 Å². The Hall–Kier alpha value is -3.63. The van der Waals surface area contributed by atoms with E-state index in [9.17, 15) is 12.8 Å². The zero-order valence-electron chi connectivity index (χ0n) is 17.3. The van der Waals surface area contributed by atoms with Crippen LogP contribution in [-0.4, -0.2) is 34.0 Å². The highest BCUT2D eigenvalue weighted by atomic mass is 32.2. The molecular formula is C23H17FN4O3S2. The van der Waals surface area contributed by atoms with E-state index in [1.54, 1.807) is 18.2 Å². The molecule has 0 saturated carbocycles. The molecule has 0 atom stereocenters. The number of rotatable bonds is 6. The molecule has 10 heteroatoms. The first-order chi connectivity index (χ1) is 15.9. The summed E-state index contributed by atoms with van der Waals surface area (Å²) >= 11 is 1.46. The first-order valence-corrected chi connectivity index (χ1v) is 12.6. The molecule has 0 saturated heterocycles. The number of aromatic nitrogens is 4. The second kappa shape index (κ2) is 8.38. The number of sulfone groups is 1. The van der Waals surface area contributed by atoms with Crippen LogP contribution in [0.3, 0.4) is 0 Å². The van der Waals surface area contributed by atoms with Crippen LogP contribution in [0.1, 0.15) is 5.56 Å². The van der Waals surface area contributed by atoms with Gasteiger partial charge in [0.1, 0.15) is 23.9 Å². The summed E-state index contributed by atoms with van der Waals surface area (Å²) < 4.78 is 44.9. The topological polar surface area (TPSA) is 86.5 Å². The molecule has 0 aliphatic heterocycles. The van der Waals surface area contributed by atoms with Crippen molar-refractivity contribution in [3.05, 3.63) is 83.8 Å². The number of fused-ring (bicyclic) bond motifs is 1. The Balaban J connectivity index is 1.54. The maximum atomic E-state index is 13.1. The van der Waals surface area contributed by atoms with Gasteiger partial charge in [0.05, 0.1) is 11.4 Å². The Morgan fingerprint density at radius 3 is 2.70 bits per heavy atom. The quantitative estimate of drug-likeness (QED) is 0.329. The predicted octanol–water partition coefficient (Wildman–Crippen LogP) is 4.64. The Bertz CT molecular complexity index is 1560. The highest BCUT2D eigenvalue weighted by molar-refractivity contribution is 7.90. The number of hydrogen-bond acceptors (Lipinski definition) is 7. The lowest BCUT2D eigenvalue weighted by Crippen LogP contribution is -2.05. The standard InChI is InChI=1S/C23H17FN4O3S2/c1-33(29,30)22-25-10-9-19(26-22)21-20(27-23-28(21)11-12-32-23)16-3-2-4-18(13-16)31-14-15-5-7-17(24)8-6-15/h2-13H,14H2,1H3. The van der Waals surface area contributed by atoms with E-state index in [0.717, 1.165) is 22.3 Å². The predicted molar refractivity (Wildman–Crippen MR) is 123 cm³/mol. The van der Waals surface area contributed by atoms with Gasteiger partial charge in [-0.1, -0.05) is 24.3 Å². The van der Waals surface area contributed by atoms with Crippen LogP contribution in [0.5, 0.6) is 5.75 Å². The molecule has 0 aliphatic carbocycles. The highest BCUT2D eigenvalue weighted by Gasteiger charge is 2.20. The third-order valence-electron chi connectivity index (χ3n) is 4.90. The molecule has 33 heavy (non-hydrogen) atoms. The minimum atomic E-state index is -3.57. The fourth-order valence-corrected chi connectivity index (χ4v) is 4.59. The molecule has 0 unspecified atom stereocenters. The fourth-order valence-electron chi connectivity index (χ4n) is 3.36. The zero-order chi connectivity index (χ0) is 23.0. The number of hydrogen-bond donors (Lipinski definition) is 0. The molecule has 0 fully saturated rings. The Morgan fingerprint density at radius 1 is 1.09 bits per heavy atom. The van der Waals surface area contributed by atoms with Crippen LogP contribution in [0, 0.1) is 5.82 Å². The van der Waals surface area contributed by atoms with Gasteiger partial charge < -0.3 is 4.74 Å². The van der Waals surface area contributed by atoms with Gasteiger partial charge >= 0.3 is 0 Å². The summed E-state index contributed by atoms with van der Waals surface area (Å²) in [6.45, 7) is 0.290. The van der Waals surface area contributed by atoms with Crippen molar-refractivity contribution < 1.29 is 17.5 Å². The Kier molecular flexibility index (Phi) is 5.39. The fraction of sp³-hybridized carbons (Fsp3) is 0.0870. The molecular weight excluding hydrogens is 463 g/mol. The van der Waals surface area contributed by atoms with Crippen LogP contribution >= 0.6 is 11.3 Å². The molecule has 0 amide bonds. The van der Waals surface area contributed by atoms with E-state index in [4.69, 9.17) is 9.72 Å². The van der Waals surface area contributed by atoms with E-state index in [-0.39, 0.29) is 11.0 Å². The third-order valence-corrected chi connectivity index (χ3v) is 6.51. The van der Waals surface area contributed by atoms with Crippen molar-refractivity contribution in [3.63, 3.8) is 0 Å². The van der Waals surface area contributed by atoms with E-state index < -0.39 is 9.84 Å². The van der Waals surface area contributed by atoms with Crippen molar-refractivity contribution in [2.75, 3.05) is 6.26 Å². The summed E-state index contributed by atoms with van der Waals surface area (Å²) in [7, 11) is -3.57. The van der Waals surface area contributed by atoms with Crippen molar-refractivity contribution in [1.29, 1.82) is 0 Å². The molecule has 0 N–H and O–H groups in total. The molecule has 166 valence electrons. The molecule has 5 aromatic rings. The van der Waals surface area contributed by atoms with Crippen LogP contribution in [0.2, 0.25) is 0 Å². The molecule has 0 bridgehead atoms. The van der Waals surface area contributed by atoms with Crippen molar-refractivity contribution in [3.8, 4) is 28.4 Å². The second-order valence-corrected chi connectivity index (χ2v) is 10.1. The molecule has 5 rings (SSSR count). The average molecular weight is 481 g/mol. The third kappa shape index (κ3) is 4.35. The highest BCUT2D eigenvalue weighted by Crippen LogP contribution is 2.35. The van der Waals surface area contributed by atoms with Crippen LogP contribution < -0.4 is 4.74 Å². The smallest absolute Gasteiger partial charge is 0.247 e. The van der Waals surface area contributed by atoms with Crippen LogP contribution in [0.15, 0.2) is 77.5 Å². The van der Waals surface area contributed by atoms with Gasteiger partial charge in [-0.05, 0) is 35.9 Å². The van der Waals surface area contributed by atoms with Gasteiger partial charge in [0.25, 0.3) is 0 Å². The molecule has 2 aromatic carbocycles. The number of ether oxygens (including phenoxy) is 1. The first-order valence-electron chi connectivity index (χ1n) is 9.85. The second-order valence-electron chi connectivity index (χ2n) is 7.30. The number of benzene rings is 2. The van der Waals surface area contributed by atoms with E-state index in [1.807, 2.05) is 40.2 Å². The molecule has 7 nitrogen and oxygen atoms in total. The maximum absolute atomic E-state index is 13.1. The summed E-state index contributed by atoms with van der Waals surface area (Å²) in [5.41, 5.74) is 3.39. The molecule has 0 radical (unpaired) electrons. The monoisotopic (exact) mass is 480 g/mol. The van der Waals surface area contributed by atoms with E-state index >= 15 is 0 Å². The number of nitrogens with zero attached hydrogens (tertiary/aromatic N) is 4. The van der Waals surface area contributed by atoms with Gasteiger partial charge in [-0.3, -0.25) is 4.40 Å². The zero-order valence-corrected chi connectivity index (χ0v) is 19.0. The van der Waals surface area contributed by atoms with Crippen molar-refractivity contribution in [2.24, 2.45) is 0 Å². The van der Waals surface area contributed by atoms with Crippen LogP contribution in [-0.2, 0) is 16.4 Å². The van der Waals surface area contributed by atoms with Gasteiger partial charge in [0, 0.05) is 29.6 Å². The van der Waals surface area contributed by atoms with Gasteiger partial charge in [-0.2, -0.15) is 0 Å². The van der Waals surface area contributed by atoms with Gasteiger partial charge in [0.15, 0.2) is 4.96 Å². The van der Waals surface area contributed by atoms with Gasteiger partial charge in [-0.15, -0.1) is 11.3 Å². The lowest BCUT2D eigenvalue weighted by molar-refractivity contribution is 0.306. The lowest BCUT2D eigenvalue weighted by atomic mass is 10.1. The summed E-state index contributed by atoms with van der Waals surface area (Å²) in [4.78, 5) is 13.7. The van der Waals surface area contributed by atoms with Crippen molar-refractivity contribution in [1.82, 2.24) is 19.4 Å². The molecule has 0 spiro atoms. The SMILES string of the molecule is CS(=O)(=O)c1nccc(-c2c(-c3cccc(OCc4ccc(F)cc4)c3)nc3sccn23)n1. The normalized spacial score (nSPS) is 11.7. The number of halogens is 1. The van der Waals surface area contributed by atoms with Gasteiger partial charge in [0.2, 0.25) is 15.0 Å². The minimum Gasteiger partial charge on any atom is -0.489 e. The van der Waals surface area contributed by atoms with Crippen molar-refractivity contribution in [2.45, 2.75) is 11.8 Å². The Morgan fingerprint density at radius 2 is 1.91 bits per heavy atom. The summed E-state index contributed by atoms with van der Waals surface area (Å²) in [6.07, 6.45) is 4.37. The van der Waals surface area contributed by atoms with Gasteiger partial charge in [-0.25, -0.2) is 27.8 Å². The first kappa shape index (κ1) is 21.2. The van der Waals surface area contributed by atoms with Crippen LogP contribution in [0.25, 0.3) is 27.6 Å². The minimum absolute atomic E-state index is 0.243. The average Bonchev–Trinajstić information content (AvgIpc) is 3.40.